The lowest BCUT2D eigenvalue weighted by molar-refractivity contribution is 0.268. The van der Waals surface area contributed by atoms with E-state index in [0.29, 0.717) is 11.4 Å². The van der Waals surface area contributed by atoms with Crippen molar-refractivity contribution in [3.8, 4) is 0 Å². The SMILES string of the molecule is CC(C)n1cc(S(=O)(=O)Nc2ccncc2)cc1CO. The lowest BCUT2D eigenvalue weighted by Gasteiger charge is -2.10. The van der Waals surface area contributed by atoms with Crippen LogP contribution < -0.4 is 4.72 Å². The van der Waals surface area contributed by atoms with Crippen molar-refractivity contribution in [2.45, 2.75) is 31.4 Å². The van der Waals surface area contributed by atoms with Crippen LogP contribution in [0.5, 0.6) is 0 Å². The fourth-order valence-electron chi connectivity index (χ4n) is 1.89. The van der Waals surface area contributed by atoms with Crippen molar-refractivity contribution in [1.82, 2.24) is 9.55 Å². The molecule has 0 saturated carbocycles. The van der Waals surface area contributed by atoms with Gasteiger partial charge in [0.1, 0.15) is 4.90 Å². The smallest absolute Gasteiger partial charge is 0.263 e. The second-order valence-electron chi connectivity index (χ2n) is 4.67. The number of hydrogen-bond donors (Lipinski definition) is 2. The maximum Gasteiger partial charge on any atom is 0.263 e. The molecule has 7 heteroatoms. The van der Waals surface area contributed by atoms with Crippen LogP contribution in [-0.4, -0.2) is 23.1 Å². The molecule has 0 radical (unpaired) electrons. The predicted molar refractivity (Wildman–Crippen MR) is 75.8 cm³/mol. The summed E-state index contributed by atoms with van der Waals surface area (Å²) >= 11 is 0. The highest BCUT2D eigenvalue weighted by atomic mass is 32.2. The topological polar surface area (TPSA) is 84.2 Å². The maximum atomic E-state index is 12.3. The molecule has 0 aliphatic carbocycles. The molecule has 0 fully saturated rings. The van der Waals surface area contributed by atoms with Gasteiger partial charge in [0.15, 0.2) is 0 Å². The largest absolute Gasteiger partial charge is 0.390 e. The summed E-state index contributed by atoms with van der Waals surface area (Å²) < 4.78 is 28.8. The van der Waals surface area contributed by atoms with Crippen molar-refractivity contribution in [2.75, 3.05) is 4.72 Å². The van der Waals surface area contributed by atoms with E-state index in [4.69, 9.17) is 0 Å². The fourth-order valence-corrected chi connectivity index (χ4v) is 2.99. The van der Waals surface area contributed by atoms with E-state index >= 15 is 0 Å². The molecule has 2 N–H and O–H groups in total. The molecule has 0 aliphatic rings. The van der Waals surface area contributed by atoms with Crippen LogP contribution in [0.2, 0.25) is 0 Å². The van der Waals surface area contributed by atoms with Crippen LogP contribution in [0.1, 0.15) is 25.6 Å². The molecule has 2 aromatic heterocycles. The molecule has 108 valence electrons. The first-order valence-corrected chi connectivity index (χ1v) is 7.67. The molecule has 2 rings (SSSR count). The highest BCUT2D eigenvalue weighted by Gasteiger charge is 2.19. The summed E-state index contributed by atoms with van der Waals surface area (Å²) in [5.74, 6) is 0. The normalized spacial score (nSPS) is 11.8. The van der Waals surface area contributed by atoms with Crippen LogP contribution in [0, 0.1) is 0 Å². The van der Waals surface area contributed by atoms with E-state index in [1.54, 1.807) is 16.7 Å². The monoisotopic (exact) mass is 295 g/mol. The molecular formula is C13H17N3O3S. The first-order chi connectivity index (χ1) is 9.44. The van der Waals surface area contributed by atoms with Gasteiger partial charge in [0, 0.05) is 30.3 Å². The van der Waals surface area contributed by atoms with Crippen molar-refractivity contribution in [3.63, 3.8) is 0 Å². The molecule has 0 unspecified atom stereocenters. The third kappa shape index (κ3) is 3.00. The number of pyridine rings is 1. The van der Waals surface area contributed by atoms with Crippen LogP contribution in [0.25, 0.3) is 0 Å². The quantitative estimate of drug-likeness (QED) is 0.880. The predicted octanol–water partition coefficient (Wildman–Crippen LogP) is 1.76. The summed E-state index contributed by atoms with van der Waals surface area (Å²) in [6.07, 6.45) is 4.55. The zero-order valence-electron chi connectivity index (χ0n) is 11.3. The summed E-state index contributed by atoms with van der Waals surface area (Å²) in [7, 11) is -3.67. The van der Waals surface area contributed by atoms with Crippen LogP contribution >= 0.6 is 0 Å². The third-order valence-corrected chi connectivity index (χ3v) is 4.22. The van der Waals surface area contributed by atoms with Crippen molar-refractivity contribution in [1.29, 1.82) is 0 Å². The molecule has 0 aliphatic heterocycles. The number of aliphatic hydroxyl groups is 1. The van der Waals surface area contributed by atoms with Gasteiger partial charge in [-0.3, -0.25) is 9.71 Å². The molecule has 0 aromatic carbocycles. The summed E-state index contributed by atoms with van der Waals surface area (Å²) in [6.45, 7) is 3.64. The molecule has 0 spiro atoms. The highest BCUT2D eigenvalue weighted by molar-refractivity contribution is 7.92. The zero-order valence-corrected chi connectivity index (χ0v) is 12.1. The number of aliphatic hydroxyl groups excluding tert-OH is 1. The second kappa shape index (κ2) is 5.64. The lowest BCUT2D eigenvalue weighted by atomic mass is 10.3. The van der Waals surface area contributed by atoms with E-state index < -0.39 is 10.0 Å². The molecule has 0 atom stereocenters. The average molecular weight is 295 g/mol. The average Bonchev–Trinajstić information content (AvgIpc) is 2.84. The Labute approximate surface area is 118 Å². The lowest BCUT2D eigenvalue weighted by Crippen LogP contribution is -2.12. The number of nitrogens with one attached hydrogen (secondary N) is 1. The van der Waals surface area contributed by atoms with Crippen molar-refractivity contribution < 1.29 is 13.5 Å². The van der Waals surface area contributed by atoms with Gasteiger partial charge in [0.05, 0.1) is 12.3 Å². The van der Waals surface area contributed by atoms with E-state index in [1.807, 2.05) is 13.8 Å². The van der Waals surface area contributed by atoms with Gasteiger partial charge < -0.3 is 9.67 Å². The van der Waals surface area contributed by atoms with Gasteiger partial charge in [-0.25, -0.2) is 8.42 Å². The summed E-state index contributed by atoms with van der Waals surface area (Å²) in [6, 6.07) is 4.69. The molecule has 20 heavy (non-hydrogen) atoms. The van der Waals surface area contributed by atoms with E-state index in [2.05, 4.69) is 9.71 Å². The number of aromatic nitrogens is 2. The van der Waals surface area contributed by atoms with E-state index in [-0.39, 0.29) is 17.5 Å². The van der Waals surface area contributed by atoms with Crippen LogP contribution in [-0.2, 0) is 16.6 Å². The molecular weight excluding hydrogens is 278 g/mol. The Kier molecular flexibility index (Phi) is 4.10. The highest BCUT2D eigenvalue weighted by Crippen LogP contribution is 2.21. The molecule has 0 amide bonds. The van der Waals surface area contributed by atoms with Crippen molar-refractivity contribution >= 4 is 15.7 Å². The van der Waals surface area contributed by atoms with E-state index in [9.17, 15) is 13.5 Å². The minimum atomic E-state index is -3.67. The molecule has 0 saturated heterocycles. The van der Waals surface area contributed by atoms with Crippen LogP contribution in [0.15, 0.2) is 41.7 Å². The zero-order chi connectivity index (χ0) is 14.8. The Balaban J connectivity index is 2.35. The van der Waals surface area contributed by atoms with Gasteiger partial charge in [-0.15, -0.1) is 0 Å². The van der Waals surface area contributed by atoms with Gasteiger partial charge in [0.25, 0.3) is 10.0 Å². The van der Waals surface area contributed by atoms with Crippen LogP contribution in [0.4, 0.5) is 5.69 Å². The minimum Gasteiger partial charge on any atom is -0.390 e. The Bertz CT molecular complexity index is 678. The molecule has 2 aromatic rings. The first-order valence-electron chi connectivity index (χ1n) is 6.18. The Hall–Kier alpha value is -1.86. The minimum absolute atomic E-state index is 0.0713. The second-order valence-corrected chi connectivity index (χ2v) is 6.35. The molecule has 2 heterocycles. The van der Waals surface area contributed by atoms with Gasteiger partial charge in [-0.05, 0) is 32.0 Å². The maximum absolute atomic E-state index is 12.3. The number of sulfonamides is 1. The third-order valence-electron chi connectivity index (χ3n) is 2.87. The van der Waals surface area contributed by atoms with E-state index in [0.717, 1.165) is 0 Å². The number of hydrogen-bond acceptors (Lipinski definition) is 4. The molecule has 6 nitrogen and oxygen atoms in total. The number of rotatable bonds is 5. The Morgan fingerprint density at radius 3 is 2.50 bits per heavy atom. The fraction of sp³-hybridized carbons (Fsp3) is 0.308. The van der Waals surface area contributed by atoms with Crippen molar-refractivity contribution in [2.24, 2.45) is 0 Å². The van der Waals surface area contributed by atoms with Gasteiger partial charge in [-0.2, -0.15) is 0 Å². The number of anilines is 1. The van der Waals surface area contributed by atoms with Gasteiger partial charge in [0.2, 0.25) is 0 Å². The van der Waals surface area contributed by atoms with Gasteiger partial charge >= 0.3 is 0 Å². The Morgan fingerprint density at radius 1 is 1.35 bits per heavy atom. The van der Waals surface area contributed by atoms with Gasteiger partial charge in [-0.1, -0.05) is 0 Å². The Morgan fingerprint density at radius 2 is 2.00 bits per heavy atom. The van der Waals surface area contributed by atoms with Crippen LogP contribution in [0.3, 0.4) is 0 Å². The van der Waals surface area contributed by atoms with E-state index in [1.165, 1.54) is 24.7 Å². The summed E-state index contributed by atoms with van der Waals surface area (Å²) in [5.41, 5.74) is 1.01. The van der Waals surface area contributed by atoms with Crippen molar-refractivity contribution in [3.05, 3.63) is 42.5 Å². The molecule has 0 bridgehead atoms. The summed E-state index contributed by atoms with van der Waals surface area (Å²) in [5, 5.41) is 9.29. The first kappa shape index (κ1) is 14.5. The standard InChI is InChI=1S/C13H17N3O3S/c1-10(2)16-8-13(7-12(16)9-17)20(18,19)15-11-3-5-14-6-4-11/h3-8,10,17H,9H2,1-2H3,(H,14,15). The summed E-state index contributed by atoms with van der Waals surface area (Å²) in [4.78, 5) is 3.96. The number of nitrogens with zero attached hydrogens (tertiary/aromatic N) is 2.